The normalized spacial score (nSPS) is 10.7. The van der Waals surface area contributed by atoms with Crippen LogP contribution in [-0.2, 0) is 6.42 Å². The molecule has 2 aromatic rings. The molecule has 1 aromatic heterocycles. The molecule has 0 atom stereocenters. The third-order valence-corrected chi connectivity index (χ3v) is 2.34. The Bertz CT molecular complexity index is 480. The van der Waals surface area contributed by atoms with Gasteiger partial charge in [-0.1, -0.05) is 25.1 Å². The average Bonchev–Trinajstić information content (AvgIpc) is 2.55. The second kappa shape index (κ2) is 3.29. The Labute approximate surface area is 82.5 Å². The fourth-order valence-corrected chi connectivity index (χ4v) is 1.73. The van der Waals surface area contributed by atoms with E-state index >= 15 is 0 Å². The molecular formula is C12H12O2. The zero-order valence-electron chi connectivity index (χ0n) is 8.33. The molecule has 0 aliphatic heterocycles. The first-order valence-electron chi connectivity index (χ1n) is 4.75. The molecule has 2 nitrogen and oxygen atoms in total. The minimum Gasteiger partial charge on any atom is -0.460 e. The molecule has 1 aromatic carbocycles. The van der Waals surface area contributed by atoms with Gasteiger partial charge < -0.3 is 4.42 Å². The van der Waals surface area contributed by atoms with E-state index in [9.17, 15) is 4.79 Å². The highest BCUT2D eigenvalue weighted by Crippen LogP contribution is 2.26. The van der Waals surface area contributed by atoms with Crippen LogP contribution in [0.2, 0.25) is 0 Å². The van der Waals surface area contributed by atoms with Crippen LogP contribution in [0.15, 0.2) is 28.7 Å². The fraction of sp³-hybridized carbons (Fsp3) is 0.250. The largest absolute Gasteiger partial charge is 0.460 e. The van der Waals surface area contributed by atoms with Crippen LogP contribution in [0.4, 0.5) is 0 Å². The van der Waals surface area contributed by atoms with E-state index in [-0.39, 0.29) is 5.78 Å². The van der Waals surface area contributed by atoms with Crippen molar-refractivity contribution in [1.29, 1.82) is 0 Å². The van der Waals surface area contributed by atoms with Gasteiger partial charge in [0, 0.05) is 11.8 Å². The molecule has 1 heterocycles. The molecule has 72 valence electrons. The average molecular weight is 188 g/mol. The summed E-state index contributed by atoms with van der Waals surface area (Å²) in [6, 6.07) is 7.65. The molecule has 0 amide bonds. The first-order valence-corrected chi connectivity index (χ1v) is 4.75. The lowest BCUT2D eigenvalue weighted by Crippen LogP contribution is -1.94. The predicted molar refractivity (Wildman–Crippen MR) is 55.6 cm³/mol. The van der Waals surface area contributed by atoms with E-state index in [1.807, 2.05) is 31.2 Å². The highest BCUT2D eigenvalue weighted by Gasteiger charge is 2.15. The van der Waals surface area contributed by atoms with Crippen LogP contribution in [0.5, 0.6) is 0 Å². The number of hydrogen-bond donors (Lipinski definition) is 0. The Kier molecular flexibility index (Phi) is 2.12. The molecular weight excluding hydrogens is 176 g/mol. The van der Waals surface area contributed by atoms with E-state index in [1.54, 1.807) is 6.92 Å². The summed E-state index contributed by atoms with van der Waals surface area (Å²) in [6.07, 6.45) is 0.754. The number of para-hydroxylation sites is 1. The lowest BCUT2D eigenvalue weighted by atomic mass is 10.1. The summed E-state index contributed by atoms with van der Waals surface area (Å²) < 4.78 is 5.59. The lowest BCUT2D eigenvalue weighted by Gasteiger charge is -1.93. The molecule has 2 heteroatoms. The van der Waals surface area contributed by atoms with Crippen LogP contribution in [0, 0.1) is 0 Å². The molecule has 0 bridgehead atoms. The minimum absolute atomic E-state index is 0.0757. The number of rotatable bonds is 2. The van der Waals surface area contributed by atoms with Gasteiger partial charge in [0.2, 0.25) is 0 Å². The standard InChI is InChI=1S/C12H12O2/c1-3-10-12(8(2)13)9-6-4-5-7-11(9)14-10/h4-7H,3H2,1-2H3. The van der Waals surface area contributed by atoms with Crippen LogP contribution in [0.1, 0.15) is 30.0 Å². The van der Waals surface area contributed by atoms with Crippen LogP contribution in [-0.4, -0.2) is 5.78 Å². The van der Waals surface area contributed by atoms with Gasteiger partial charge in [-0.2, -0.15) is 0 Å². The van der Waals surface area contributed by atoms with E-state index < -0.39 is 0 Å². The van der Waals surface area contributed by atoms with E-state index in [1.165, 1.54) is 0 Å². The summed E-state index contributed by atoms with van der Waals surface area (Å²) in [7, 11) is 0. The topological polar surface area (TPSA) is 30.2 Å². The van der Waals surface area contributed by atoms with Crippen LogP contribution < -0.4 is 0 Å². The van der Waals surface area contributed by atoms with Crippen molar-refractivity contribution in [2.24, 2.45) is 0 Å². The third-order valence-electron chi connectivity index (χ3n) is 2.34. The Morgan fingerprint density at radius 1 is 1.36 bits per heavy atom. The highest BCUT2D eigenvalue weighted by atomic mass is 16.3. The minimum atomic E-state index is 0.0757. The molecule has 0 aliphatic rings. The second-order valence-electron chi connectivity index (χ2n) is 3.31. The molecule has 0 fully saturated rings. The Morgan fingerprint density at radius 3 is 2.71 bits per heavy atom. The van der Waals surface area contributed by atoms with Gasteiger partial charge in [0.05, 0.1) is 5.56 Å². The number of fused-ring (bicyclic) bond motifs is 1. The first kappa shape index (κ1) is 9.00. The quantitative estimate of drug-likeness (QED) is 0.677. The summed E-state index contributed by atoms with van der Waals surface area (Å²) in [5, 5.41) is 0.928. The number of aryl methyl sites for hydroxylation is 1. The van der Waals surface area contributed by atoms with Gasteiger partial charge in [-0.3, -0.25) is 4.79 Å². The van der Waals surface area contributed by atoms with Gasteiger partial charge in [0.25, 0.3) is 0 Å². The summed E-state index contributed by atoms with van der Waals surface area (Å²) >= 11 is 0. The number of benzene rings is 1. The summed E-state index contributed by atoms with van der Waals surface area (Å²) in [5.41, 5.74) is 1.54. The van der Waals surface area contributed by atoms with Crippen molar-refractivity contribution >= 4 is 16.8 Å². The highest BCUT2D eigenvalue weighted by molar-refractivity contribution is 6.07. The molecule has 0 radical (unpaired) electrons. The van der Waals surface area contributed by atoms with Crippen molar-refractivity contribution in [3.05, 3.63) is 35.6 Å². The van der Waals surface area contributed by atoms with E-state index in [2.05, 4.69) is 0 Å². The summed E-state index contributed by atoms with van der Waals surface area (Å²) in [5.74, 6) is 0.866. The second-order valence-corrected chi connectivity index (χ2v) is 3.31. The molecule has 0 saturated heterocycles. The number of ketones is 1. The van der Waals surface area contributed by atoms with Gasteiger partial charge in [0.15, 0.2) is 5.78 Å². The van der Waals surface area contributed by atoms with Gasteiger partial charge in [-0.15, -0.1) is 0 Å². The molecule has 14 heavy (non-hydrogen) atoms. The molecule has 0 unspecified atom stereocenters. The smallest absolute Gasteiger partial charge is 0.163 e. The van der Waals surface area contributed by atoms with Crippen molar-refractivity contribution in [3.63, 3.8) is 0 Å². The van der Waals surface area contributed by atoms with Crippen molar-refractivity contribution in [3.8, 4) is 0 Å². The number of Topliss-reactive ketones (excluding diaryl/α,β-unsaturated/α-hetero) is 1. The van der Waals surface area contributed by atoms with Gasteiger partial charge in [-0.25, -0.2) is 0 Å². The molecule has 0 saturated carbocycles. The Balaban J connectivity index is 2.81. The number of hydrogen-bond acceptors (Lipinski definition) is 2. The zero-order chi connectivity index (χ0) is 10.1. The lowest BCUT2D eigenvalue weighted by molar-refractivity contribution is 0.101. The SMILES string of the molecule is CCc1oc2ccccc2c1C(C)=O. The fourth-order valence-electron chi connectivity index (χ4n) is 1.73. The number of furan rings is 1. The Hall–Kier alpha value is -1.57. The van der Waals surface area contributed by atoms with Crippen molar-refractivity contribution < 1.29 is 9.21 Å². The maximum Gasteiger partial charge on any atom is 0.163 e. The van der Waals surface area contributed by atoms with Crippen molar-refractivity contribution in [2.45, 2.75) is 20.3 Å². The molecule has 0 N–H and O–H groups in total. The molecule has 2 rings (SSSR count). The number of carbonyl (C=O) groups excluding carboxylic acids is 1. The maximum atomic E-state index is 11.4. The van der Waals surface area contributed by atoms with Gasteiger partial charge in [-0.05, 0) is 13.0 Å². The maximum absolute atomic E-state index is 11.4. The van der Waals surface area contributed by atoms with Gasteiger partial charge >= 0.3 is 0 Å². The van der Waals surface area contributed by atoms with E-state index in [4.69, 9.17) is 4.42 Å². The number of carbonyl (C=O) groups is 1. The van der Waals surface area contributed by atoms with E-state index in [0.29, 0.717) is 0 Å². The van der Waals surface area contributed by atoms with Crippen molar-refractivity contribution in [1.82, 2.24) is 0 Å². The molecule has 0 aliphatic carbocycles. The summed E-state index contributed by atoms with van der Waals surface area (Å²) in [6.45, 7) is 3.57. The van der Waals surface area contributed by atoms with Crippen LogP contribution in [0.25, 0.3) is 11.0 Å². The monoisotopic (exact) mass is 188 g/mol. The first-order chi connectivity index (χ1) is 6.74. The zero-order valence-corrected chi connectivity index (χ0v) is 8.33. The Morgan fingerprint density at radius 2 is 2.07 bits per heavy atom. The third kappa shape index (κ3) is 1.23. The molecule has 0 spiro atoms. The summed E-state index contributed by atoms with van der Waals surface area (Å²) in [4.78, 5) is 11.4. The van der Waals surface area contributed by atoms with Crippen LogP contribution >= 0.6 is 0 Å². The van der Waals surface area contributed by atoms with E-state index in [0.717, 1.165) is 28.7 Å². The van der Waals surface area contributed by atoms with Crippen molar-refractivity contribution in [2.75, 3.05) is 0 Å². The predicted octanol–water partition coefficient (Wildman–Crippen LogP) is 3.20. The van der Waals surface area contributed by atoms with Crippen LogP contribution in [0.3, 0.4) is 0 Å². The van der Waals surface area contributed by atoms with Gasteiger partial charge in [0.1, 0.15) is 11.3 Å².